The number of likely N-dealkylation sites (N-methyl/N-ethyl adjacent to an activating group) is 1. The summed E-state index contributed by atoms with van der Waals surface area (Å²) in [5.74, 6) is 0.124. The molecule has 3 rings (SSSR count). The third kappa shape index (κ3) is 3.70. The maximum atomic E-state index is 12.5. The number of nitrogens with one attached hydrogen (secondary N) is 1. The van der Waals surface area contributed by atoms with Crippen LogP contribution in [0.5, 0.6) is 5.75 Å². The van der Waals surface area contributed by atoms with E-state index in [0.717, 1.165) is 38.3 Å². The first-order chi connectivity index (χ1) is 11.6. The molecule has 1 unspecified atom stereocenters. The van der Waals surface area contributed by atoms with Crippen molar-refractivity contribution in [3.05, 3.63) is 23.8 Å². The smallest absolute Gasteiger partial charge is 0.231 e. The lowest BCUT2D eigenvalue weighted by molar-refractivity contribution is -0.136. The van der Waals surface area contributed by atoms with Gasteiger partial charge in [0.2, 0.25) is 11.8 Å². The van der Waals surface area contributed by atoms with Gasteiger partial charge in [0, 0.05) is 32.6 Å². The van der Waals surface area contributed by atoms with Gasteiger partial charge in [-0.3, -0.25) is 9.59 Å². The number of amides is 2. The van der Waals surface area contributed by atoms with E-state index in [4.69, 9.17) is 4.74 Å². The Kier molecular flexibility index (Phi) is 5.04. The van der Waals surface area contributed by atoms with Crippen molar-refractivity contribution >= 4 is 17.5 Å². The molecule has 1 atom stereocenters. The van der Waals surface area contributed by atoms with E-state index in [-0.39, 0.29) is 24.8 Å². The lowest BCUT2D eigenvalue weighted by Crippen LogP contribution is -2.49. The molecule has 1 fully saturated rings. The number of piperazine rings is 1. The Labute approximate surface area is 142 Å². The number of ether oxygens (including phenoxy) is 1. The Bertz CT molecular complexity index is 624. The van der Waals surface area contributed by atoms with Crippen LogP contribution in [0.2, 0.25) is 0 Å². The van der Waals surface area contributed by atoms with Crippen molar-refractivity contribution in [1.82, 2.24) is 9.80 Å². The number of rotatable bonds is 3. The lowest BCUT2D eigenvalue weighted by Gasteiger charge is -2.34. The van der Waals surface area contributed by atoms with Crippen molar-refractivity contribution < 1.29 is 14.3 Å². The number of carbonyl (C=O) groups is 2. The highest BCUT2D eigenvalue weighted by Crippen LogP contribution is 2.30. The summed E-state index contributed by atoms with van der Waals surface area (Å²) in [5, 5.41) is 2.88. The fourth-order valence-corrected chi connectivity index (χ4v) is 3.16. The predicted molar refractivity (Wildman–Crippen MR) is 92.1 cm³/mol. The maximum absolute atomic E-state index is 12.5. The van der Waals surface area contributed by atoms with Crippen molar-refractivity contribution in [2.75, 3.05) is 44.6 Å². The largest absolute Gasteiger partial charge is 0.491 e. The summed E-state index contributed by atoms with van der Waals surface area (Å²) in [5.41, 5.74) is 1.75. The Hall–Kier alpha value is -2.08. The first-order valence-electron chi connectivity index (χ1n) is 8.61. The molecule has 2 heterocycles. The van der Waals surface area contributed by atoms with Gasteiger partial charge >= 0.3 is 0 Å². The molecule has 2 aliphatic heterocycles. The molecule has 1 aromatic carbocycles. The van der Waals surface area contributed by atoms with E-state index in [1.807, 2.05) is 30.0 Å². The zero-order valence-corrected chi connectivity index (χ0v) is 14.4. The number of hydrogen-bond donors (Lipinski definition) is 1. The van der Waals surface area contributed by atoms with Crippen molar-refractivity contribution in [3.63, 3.8) is 0 Å². The average molecular weight is 331 g/mol. The fourth-order valence-electron chi connectivity index (χ4n) is 3.16. The molecule has 2 aliphatic rings. The van der Waals surface area contributed by atoms with E-state index in [9.17, 15) is 9.59 Å². The van der Waals surface area contributed by atoms with Crippen molar-refractivity contribution in [1.29, 1.82) is 0 Å². The topological polar surface area (TPSA) is 61.9 Å². The van der Waals surface area contributed by atoms with Gasteiger partial charge in [0.15, 0.2) is 0 Å². The second-order valence-corrected chi connectivity index (χ2v) is 6.52. The fraction of sp³-hybridized carbons (Fsp3) is 0.556. The van der Waals surface area contributed by atoms with Gasteiger partial charge in [0.25, 0.3) is 0 Å². The predicted octanol–water partition coefficient (Wildman–Crippen LogP) is 1.50. The molecule has 24 heavy (non-hydrogen) atoms. The van der Waals surface area contributed by atoms with Crippen LogP contribution in [0.4, 0.5) is 5.69 Å². The quantitative estimate of drug-likeness (QED) is 0.912. The highest BCUT2D eigenvalue weighted by Gasteiger charge is 2.30. The molecule has 0 aliphatic carbocycles. The van der Waals surface area contributed by atoms with E-state index in [0.29, 0.717) is 11.4 Å². The Balaban J connectivity index is 1.60. The van der Waals surface area contributed by atoms with E-state index < -0.39 is 5.92 Å². The molecule has 0 spiro atoms. The van der Waals surface area contributed by atoms with E-state index >= 15 is 0 Å². The number of carbonyl (C=O) groups excluding carboxylic acids is 2. The SMILES string of the molecule is CCN1CCN(C(=O)CC2COc3cc(C)ccc3NC2=O)CC1. The van der Waals surface area contributed by atoms with Gasteiger partial charge in [0.1, 0.15) is 12.4 Å². The van der Waals surface area contributed by atoms with Crippen LogP contribution in [-0.4, -0.2) is 60.9 Å². The van der Waals surface area contributed by atoms with Gasteiger partial charge in [-0.05, 0) is 31.2 Å². The standard InChI is InChI=1S/C18H25N3O3/c1-3-20-6-8-21(9-7-20)17(22)11-14-12-24-16-10-13(2)4-5-15(16)19-18(14)23/h4-5,10,14H,3,6-9,11-12H2,1-2H3,(H,19,23). The van der Waals surface area contributed by atoms with E-state index in [1.165, 1.54) is 0 Å². The lowest BCUT2D eigenvalue weighted by atomic mass is 10.0. The summed E-state index contributed by atoms with van der Waals surface area (Å²) >= 11 is 0. The van der Waals surface area contributed by atoms with Crippen LogP contribution >= 0.6 is 0 Å². The summed E-state index contributed by atoms with van der Waals surface area (Å²) in [6.45, 7) is 8.64. The monoisotopic (exact) mass is 331 g/mol. The molecular weight excluding hydrogens is 306 g/mol. The summed E-state index contributed by atoms with van der Waals surface area (Å²) < 4.78 is 5.77. The highest BCUT2D eigenvalue weighted by molar-refractivity contribution is 5.97. The van der Waals surface area contributed by atoms with Crippen molar-refractivity contribution in [2.45, 2.75) is 20.3 Å². The number of aryl methyl sites for hydroxylation is 1. The van der Waals surface area contributed by atoms with Gasteiger partial charge in [-0.25, -0.2) is 0 Å². The molecule has 0 aromatic heterocycles. The molecule has 2 amide bonds. The first kappa shape index (κ1) is 16.8. The maximum Gasteiger partial charge on any atom is 0.231 e. The summed E-state index contributed by atoms with van der Waals surface area (Å²) in [6.07, 6.45) is 0.199. The number of benzene rings is 1. The van der Waals surface area contributed by atoms with Crippen LogP contribution in [0.25, 0.3) is 0 Å². The minimum atomic E-state index is -0.450. The number of nitrogens with zero attached hydrogens (tertiary/aromatic N) is 2. The minimum Gasteiger partial charge on any atom is -0.491 e. The van der Waals surface area contributed by atoms with Gasteiger partial charge in [-0.15, -0.1) is 0 Å². The molecule has 130 valence electrons. The summed E-state index contributed by atoms with van der Waals surface area (Å²) in [4.78, 5) is 29.1. The summed E-state index contributed by atoms with van der Waals surface area (Å²) in [7, 11) is 0. The molecule has 0 saturated carbocycles. The molecule has 1 aromatic rings. The Morgan fingerprint density at radius 2 is 2.04 bits per heavy atom. The Morgan fingerprint density at radius 3 is 2.75 bits per heavy atom. The average Bonchev–Trinajstić information content (AvgIpc) is 2.74. The normalized spacial score (nSPS) is 21.5. The van der Waals surface area contributed by atoms with Crippen molar-refractivity contribution in [3.8, 4) is 5.75 Å². The van der Waals surface area contributed by atoms with Gasteiger partial charge in [0.05, 0.1) is 11.6 Å². The van der Waals surface area contributed by atoms with Crippen LogP contribution in [0, 0.1) is 12.8 Å². The number of hydrogen-bond acceptors (Lipinski definition) is 4. The first-order valence-corrected chi connectivity index (χ1v) is 8.61. The molecule has 6 nitrogen and oxygen atoms in total. The van der Waals surface area contributed by atoms with E-state index in [1.54, 1.807) is 0 Å². The zero-order chi connectivity index (χ0) is 17.1. The summed E-state index contributed by atoms with van der Waals surface area (Å²) in [6, 6.07) is 5.68. The zero-order valence-electron chi connectivity index (χ0n) is 14.4. The van der Waals surface area contributed by atoms with Gasteiger partial charge in [-0.2, -0.15) is 0 Å². The molecule has 1 saturated heterocycles. The second-order valence-electron chi connectivity index (χ2n) is 6.52. The third-order valence-electron chi connectivity index (χ3n) is 4.80. The van der Waals surface area contributed by atoms with Crippen LogP contribution in [0.1, 0.15) is 18.9 Å². The van der Waals surface area contributed by atoms with Crippen LogP contribution < -0.4 is 10.1 Å². The number of fused-ring (bicyclic) bond motifs is 1. The van der Waals surface area contributed by atoms with Crippen LogP contribution in [-0.2, 0) is 9.59 Å². The molecule has 6 heteroatoms. The number of anilines is 1. The van der Waals surface area contributed by atoms with Crippen molar-refractivity contribution in [2.24, 2.45) is 5.92 Å². The van der Waals surface area contributed by atoms with Gasteiger partial charge in [-0.1, -0.05) is 13.0 Å². The second kappa shape index (κ2) is 7.21. The highest BCUT2D eigenvalue weighted by atomic mass is 16.5. The molecule has 0 bridgehead atoms. The van der Waals surface area contributed by atoms with Gasteiger partial charge < -0.3 is 19.9 Å². The minimum absolute atomic E-state index is 0.0386. The van der Waals surface area contributed by atoms with E-state index in [2.05, 4.69) is 17.1 Å². The Morgan fingerprint density at radius 1 is 1.29 bits per heavy atom. The molecular formula is C18H25N3O3. The third-order valence-corrected chi connectivity index (χ3v) is 4.80. The van der Waals surface area contributed by atoms with Crippen LogP contribution in [0.15, 0.2) is 18.2 Å². The van der Waals surface area contributed by atoms with Crippen LogP contribution in [0.3, 0.4) is 0 Å². The molecule has 1 N–H and O–H groups in total. The molecule has 0 radical (unpaired) electrons.